The predicted molar refractivity (Wildman–Crippen MR) is 169 cm³/mol. The van der Waals surface area contributed by atoms with Gasteiger partial charge in [0.15, 0.2) is 0 Å². The molecule has 0 atom stereocenters. The summed E-state index contributed by atoms with van der Waals surface area (Å²) in [7, 11) is 0. The van der Waals surface area contributed by atoms with Gasteiger partial charge in [-0.05, 0) is 99.3 Å². The number of hydrogen-bond acceptors (Lipinski definition) is 5. The van der Waals surface area contributed by atoms with Gasteiger partial charge in [-0.1, -0.05) is 36.3 Å². The number of hydrogen-bond donors (Lipinski definition) is 2. The summed E-state index contributed by atoms with van der Waals surface area (Å²) in [6, 6.07) is 11.3. The number of anilines is 1. The van der Waals surface area contributed by atoms with Gasteiger partial charge in [-0.15, -0.1) is 0 Å². The van der Waals surface area contributed by atoms with E-state index in [1.165, 1.54) is 84.8 Å². The summed E-state index contributed by atoms with van der Waals surface area (Å²) in [5, 5.41) is 4.79. The predicted octanol–water partition coefficient (Wildman–Crippen LogP) is 6.56. The van der Waals surface area contributed by atoms with Crippen molar-refractivity contribution in [1.29, 1.82) is 0 Å². The number of benzene rings is 1. The molecule has 3 aromatic rings. The third-order valence-corrected chi connectivity index (χ3v) is 8.53. The molecule has 2 fully saturated rings. The van der Waals surface area contributed by atoms with Crippen LogP contribution in [0.25, 0.3) is 22.0 Å². The van der Waals surface area contributed by atoms with Crippen molar-refractivity contribution >= 4 is 34.6 Å². The second-order valence-electron chi connectivity index (χ2n) is 11.5. The Kier molecular flexibility index (Phi) is 8.26. The van der Waals surface area contributed by atoms with Gasteiger partial charge in [-0.2, -0.15) is 0 Å². The van der Waals surface area contributed by atoms with Crippen LogP contribution in [0.2, 0.25) is 0 Å². The van der Waals surface area contributed by atoms with E-state index >= 15 is 0 Å². The molecule has 2 aromatic heterocycles. The van der Waals surface area contributed by atoms with E-state index in [0.29, 0.717) is 0 Å². The molecule has 0 spiro atoms. The van der Waals surface area contributed by atoms with E-state index in [1.54, 1.807) is 0 Å². The first kappa shape index (κ1) is 26.7. The van der Waals surface area contributed by atoms with Crippen LogP contribution in [0.3, 0.4) is 0 Å². The fraction of sp³-hybridized carbons (Fsp3) is 0.412. The standard InChI is InChI=1S/C34H42N6/c1-25(24-39-15-5-3-6-16-39)19-28(22-35-2)26-9-10-27-23-36-13-11-29(30(27)20-26)33-21-31-32(38-33)12-14-37-34(31)40-17-7-4-8-18-40/h9-12,14,19-22,36,38H,2-8,13,15-18,23-24H2,1H3/b25-19+,28-22+. The van der Waals surface area contributed by atoms with Gasteiger partial charge in [0.25, 0.3) is 0 Å². The van der Waals surface area contributed by atoms with Crippen molar-refractivity contribution in [3.05, 3.63) is 82.8 Å². The van der Waals surface area contributed by atoms with E-state index in [0.717, 1.165) is 55.3 Å². The lowest BCUT2D eigenvalue weighted by Crippen LogP contribution is -2.31. The van der Waals surface area contributed by atoms with Crippen LogP contribution in [-0.4, -0.2) is 60.9 Å². The number of allylic oxidation sites excluding steroid dienone is 2. The molecule has 6 nitrogen and oxygen atoms in total. The van der Waals surface area contributed by atoms with E-state index < -0.39 is 0 Å². The number of aromatic amines is 1. The van der Waals surface area contributed by atoms with E-state index in [4.69, 9.17) is 4.98 Å². The van der Waals surface area contributed by atoms with Crippen LogP contribution in [0.4, 0.5) is 5.82 Å². The molecule has 0 radical (unpaired) electrons. The summed E-state index contributed by atoms with van der Waals surface area (Å²) in [5.74, 6) is 1.11. The maximum atomic E-state index is 4.82. The van der Waals surface area contributed by atoms with Crippen molar-refractivity contribution in [1.82, 2.24) is 20.2 Å². The Balaban J connectivity index is 1.35. The normalized spacial score (nSPS) is 19.3. The minimum atomic E-state index is 0.831. The smallest absolute Gasteiger partial charge is 0.137 e. The highest BCUT2D eigenvalue weighted by molar-refractivity contribution is 5.96. The van der Waals surface area contributed by atoms with Gasteiger partial charge >= 0.3 is 0 Å². The summed E-state index contributed by atoms with van der Waals surface area (Å²) in [4.78, 5) is 17.8. The first-order chi connectivity index (χ1) is 19.7. The Morgan fingerprint density at radius 2 is 1.82 bits per heavy atom. The molecule has 2 saturated heterocycles. The number of likely N-dealkylation sites (tertiary alicyclic amines) is 1. The molecule has 1 aromatic carbocycles. The first-order valence-corrected chi connectivity index (χ1v) is 15.0. The molecule has 3 aliphatic heterocycles. The van der Waals surface area contributed by atoms with Gasteiger partial charge in [0.2, 0.25) is 0 Å². The SMILES string of the molecule is C=N/C=C(\C=C(/C)CN1CCCCC1)c1ccc2c(c1)C(c1cc3c(N4CCCCC4)nccc3[nH]1)=CCNC2. The van der Waals surface area contributed by atoms with Crippen molar-refractivity contribution in [2.24, 2.45) is 4.99 Å². The molecular weight excluding hydrogens is 492 g/mol. The highest BCUT2D eigenvalue weighted by Crippen LogP contribution is 2.35. The summed E-state index contributed by atoms with van der Waals surface area (Å²) >= 11 is 0. The summed E-state index contributed by atoms with van der Waals surface area (Å²) < 4.78 is 0. The van der Waals surface area contributed by atoms with Crippen molar-refractivity contribution in [2.75, 3.05) is 44.2 Å². The van der Waals surface area contributed by atoms with E-state index in [-0.39, 0.29) is 0 Å². The maximum Gasteiger partial charge on any atom is 0.137 e. The van der Waals surface area contributed by atoms with Gasteiger partial charge in [0.05, 0.1) is 5.52 Å². The largest absolute Gasteiger partial charge is 0.356 e. The summed E-state index contributed by atoms with van der Waals surface area (Å²) in [6.45, 7) is 13.3. The highest BCUT2D eigenvalue weighted by atomic mass is 15.2. The van der Waals surface area contributed by atoms with Crippen molar-refractivity contribution < 1.29 is 0 Å². The van der Waals surface area contributed by atoms with Crippen LogP contribution in [0.1, 0.15) is 67.8 Å². The zero-order valence-electron chi connectivity index (χ0n) is 23.9. The number of nitrogens with zero attached hydrogens (tertiary/aromatic N) is 4. The van der Waals surface area contributed by atoms with Crippen LogP contribution >= 0.6 is 0 Å². The Morgan fingerprint density at radius 3 is 2.62 bits per heavy atom. The molecule has 0 bridgehead atoms. The topological polar surface area (TPSA) is 59.5 Å². The van der Waals surface area contributed by atoms with E-state index in [2.05, 4.69) is 81.2 Å². The Bertz CT molecular complexity index is 1450. The Hall–Kier alpha value is -3.48. The molecule has 0 saturated carbocycles. The average Bonchev–Trinajstić information content (AvgIpc) is 3.31. The van der Waals surface area contributed by atoms with Crippen molar-refractivity contribution in [3.8, 4) is 0 Å². The van der Waals surface area contributed by atoms with E-state index in [1.807, 2.05) is 12.4 Å². The van der Waals surface area contributed by atoms with Crippen LogP contribution in [-0.2, 0) is 6.54 Å². The molecule has 3 aliphatic rings. The highest BCUT2D eigenvalue weighted by Gasteiger charge is 2.20. The maximum absolute atomic E-state index is 4.82. The number of aliphatic imine (C=N–C) groups is 1. The van der Waals surface area contributed by atoms with Gasteiger partial charge < -0.3 is 15.2 Å². The molecule has 5 heterocycles. The number of rotatable bonds is 7. The first-order valence-electron chi connectivity index (χ1n) is 15.0. The molecule has 0 aliphatic carbocycles. The van der Waals surface area contributed by atoms with E-state index in [9.17, 15) is 0 Å². The van der Waals surface area contributed by atoms with Crippen LogP contribution in [0.5, 0.6) is 0 Å². The zero-order valence-corrected chi connectivity index (χ0v) is 23.9. The van der Waals surface area contributed by atoms with Gasteiger partial charge in [0.1, 0.15) is 5.82 Å². The lowest BCUT2D eigenvalue weighted by molar-refractivity contribution is 0.246. The number of nitrogens with one attached hydrogen (secondary N) is 2. The molecule has 40 heavy (non-hydrogen) atoms. The molecule has 2 N–H and O–H groups in total. The molecular formula is C34H42N6. The molecule has 6 rings (SSSR count). The number of pyridine rings is 1. The van der Waals surface area contributed by atoms with Crippen molar-refractivity contribution in [3.63, 3.8) is 0 Å². The second-order valence-corrected chi connectivity index (χ2v) is 11.5. The van der Waals surface area contributed by atoms with Gasteiger partial charge in [0, 0.05) is 61.8 Å². The van der Waals surface area contributed by atoms with Crippen molar-refractivity contribution in [2.45, 2.75) is 52.0 Å². The number of piperidine rings is 2. The van der Waals surface area contributed by atoms with Crippen LogP contribution in [0, 0.1) is 0 Å². The number of aromatic nitrogens is 2. The molecule has 0 unspecified atom stereocenters. The van der Waals surface area contributed by atoms with Crippen LogP contribution in [0.15, 0.2) is 65.4 Å². The van der Waals surface area contributed by atoms with Crippen LogP contribution < -0.4 is 10.2 Å². The number of H-pyrrole nitrogens is 1. The monoisotopic (exact) mass is 534 g/mol. The summed E-state index contributed by atoms with van der Waals surface area (Å²) in [5.41, 5.74) is 9.74. The third-order valence-electron chi connectivity index (χ3n) is 8.53. The molecule has 0 amide bonds. The summed E-state index contributed by atoms with van der Waals surface area (Å²) in [6.07, 6.45) is 16.2. The average molecular weight is 535 g/mol. The second kappa shape index (κ2) is 12.4. The quantitative estimate of drug-likeness (QED) is 0.266. The Labute approximate surface area is 238 Å². The van der Waals surface area contributed by atoms with Gasteiger partial charge in [-0.3, -0.25) is 9.89 Å². The fourth-order valence-electron chi connectivity index (χ4n) is 6.52. The lowest BCUT2D eigenvalue weighted by Gasteiger charge is -2.28. The number of fused-ring (bicyclic) bond motifs is 2. The minimum absolute atomic E-state index is 0.831. The lowest BCUT2D eigenvalue weighted by atomic mass is 9.92. The minimum Gasteiger partial charge on any atom is -0.356 e. The molecule has 208 valence electrons. The zero-order chi connectivity index (χ0) is 27.3. The fourth-order valence-corrected chi connectivity index (χ4v) is 6.52. The van der Waals surface area contributed by atoms with Gasteiger partial charge in [-0.25, -0.2) is 4.98 Å². The Morgan fingerprint density at radius 1 is 1.02 bits per heavy atom. The molecule has 6 heteroatoms. The third kappa shape index (κ3) is 5.84.